The lowest BCUT2D eigenvalue weighted by atomic mass is 10.2. The van der Waals surface area contributed by atoms with Crippen LogP contribution < -0.4 is 14.8 Å². The zero-order valence-corrected chi connectivity index (χ0v) is 10.4. The van der Waals surface area contributed by atoms with Crippen molar-refractivity contribution >= 4 is 11.7 Å². The highest BCUT2D eigenvalue weighted by molar-refractivity contribution is 5.72. The van der Waals surface area contributed by atoms with E-state index in [2.05, 4.69) is 19.5 Å². The number of anilines is 1. The normalized spacial score (nSPS) is 16.8. The number of benzene rings is 1. The Balaban J connectivity index is 1.99. The van der Waals surface area contributed by atoms with Gasteiger partial charge in [-0.05, 0) is 12.1 Å². The van der Waals surface area contributed by atoms with Crippen LogP contribution in [0.2, 0.25) is 0 Å². The topological polar surface area (TPSA) is 56.8 Å². The standard InChI is InChI=1S/C12H13F2NO4/c1-7(11(16)17-2)6-15-8-3-4-9-10(5-8)19-12(13,14)18-9/h3-5,7,15H,6H2,1-2H3. The summed E-state index contributed by atoms with van der Waals surface area (Å²) in [5, 5.41) is 2.94. The molecule has 5 nitrogen and oxygen atoms in total. The first kappa shape index (κ1) is 13.4. The fourth-order valence-corrected chi connectivity index (χ4v) is 1.61. The van der Waals surface area contributed by atoms with Crippen molar-refractivity contribution in [3.63, 3.8) is 0 Å². The van der Waals surface area contributed by atoms with Gasteiger partial charge in [-0.1, -0.05) is 6.92 Å². The molecule has 1 heterocycles. The Hall–Kier alpha value is -2.05. The van der Waals surface area contributed by atoms with E-state index in [-0.39, 0.29) is 23.4 Å². The van der Waals surface area contributed by atoms with Crippen LogP contribution >= 0.6 is 0 Å². The smallest absolute Gasteiger partial charge is 0.469 e. The Morgan fingerprint density at radius 1 is 1.42 bits per heavy atom. The average molecular weight is 273 g/mol. The molecule has 0 amide bonds. The maximum atomic E-state index is 12.8. The van der Waals surface area contributed by atoms with Crippen LogP contribution in [0.1, 0.15) is 6.92 Å². The zero-order valence-electron chi connectivity index (χ0n) is 10.4. The van der Waals surface area contributed by atoms with Crippen molar-refractivity contribution in [2.45, 2.75) is 13.2 Å². The van der Waals surface area contributed by atoms with E-state index >= 15 is 0 Å². The number of esters is 1. The maximum Gasteiger partial charge on any atom is 0.586 e. The van der Waals surface area contributed by atoms with Gasteiger partial charge in [-0.25, -0.2) is 0 Å². The van der Waals surface area contributed by atoms with Crippen molar-refractivity contribution in [2.75, 3.05) is 19.0 Å². The first-order valence-electron chi connectivity index (χ1n) is 5.63. The number of methoxy groups -OCH3 is 1. The molecule has 1 aromatic rings. The third kappa shape index (κ3) is 3.04. The number of carbonyl (C=O) groups is 1. The molecule has 0 aliphatic carbocycles. The number of carbonyl (C=O) groups excluding carboxylic acids is 1. The second kappa shape index (κ2) is 4.91. The molecule has 0 radical (unpaired) electrons. The highest BCUT2D eigenvalue weighted by Crippen LogP contribution is 2.42. The zero-order chi connectivity index (χ0) is 14.0. The van der Waals surface area contributed by atoms with Gasteiger partial charge in [0, 0.05) is 18.3 Å². The number of rotatable bonds is 4. The molecule has 7 heteroatoms. The summed E-state index contributed by atoms with van der Waals surface area (Å²) in [4.78, 5) is 11.2. The van der Waals surface area contributed by atoms with Crippen LogP contribution in [0.3, 0.4) is 0 Å². The predicted octanol–water partition coefficient (Wildman–Crippen LogP) is 2.23. The van der Waals surface area contributed by atoms with Gasteiger partial charge in [0.2, 0.25) is 0 Å². The maximum absolute atomic E-state index is 12.8. The van der Waals surface area contributed by atoms with Gasteiger partial charge in [-0.2, -0.15) is 0 Å². The van der Waals surface area contributed by atoms with E-state index in [4.69, 9.17) is 0 Å². The van der Waals surface area contributed by atoms with Gasteiger partial charge in [-0.15, -0.1) is 8.78 Å². The molecule has 1 aliphatic rings. The Labute approximate surface area is 108 Å². The number of halogens is 2. The summed E-state index contributed by atoms with van der Waals surface area (Å²) < 4.78 is 38.8. The van der Waals surface area contributed by atoms with E-state index in [1.165, 1.54) is 19.2 Å². The quantitative estimate of drug-likeness (QED) is 0.852. The van der Waals surface area contributed by atoms with Crippen LogP contribution in [0, 0.1) is 5.92 Å². The number of ether oxygens (including phenoxy) is 3. The lowest BCUT2D eigenvalue weighted by molar-refractivity contribution is -0.286. The molecule has 1 N–H and O–H groups in total. The summed E-state index contributed by atoms with van der Waals surface area (Å²) in [6.07, 6.45) is -3.62. The molecular formula is C12H13F2NO4. The molecule has 1 atom stereocenters. The Morgan fingerprint density at radius 2 is 2.11 bits per heavy atom. The molecule has 0 spiro atoms. The molecule has 0 saturated carbocycles. The average Bonchev–Trinajstić information content (AvgIpc) is 2.67. The van der Waals surface area contributed by atoms with E-state index < -0.39 is 6.29 Å². The molecular weight excluding hydrogens is 260 g/mol. The minimum Gasteiger partial charge on any atom is -0.469 e. The summed E-state index contributed by atoms with van der Waals surface area (Å²) in [6.45, 7) is 2.02. The van der Waals surface area contributed by atoms with Gasteiger partial charge in [0.05, 0.1) is 13.0 Å². The van der Waals surface area contributed by atoms with Crippen LogP contribution in [0.4, 0.5) is 14.5 Å². The second-order valence-corrected chi connectivity index (χ2v) is 4.13. The first-order valence-corrected chi connectivity index (χ1v) is 5.63. The summed E-state index contributed by atoms with van der Waals surface area (Å²) in [5.41, 5.74) is 0.552. The van der Waals surface area contributed by atoms with Crippen LogP contribution in [-0.4, -0.2) is 25.9 Å². The molecule has 0 saturated heterocycles. The fraction of sp³-hybridized carbons (Fsp3) is 0.417. The van der Waals surface area contributed by atoms with Gasteiger partial charge in [-0.3, -0.25) is 4.79 Å². The van der Waals surface area contributed by atoms with Crippen molar-refractivity contribution in [3.05, 3.63) is 18.2 Å². The second-order valence-electron chi connectivity index (χ2n) is 4.13. The minimum atomic E-state index is -3.62. The largest absolute Gasteiger partial charge is 0.586 e. The molecule has 104 valence electrons. The summed E-state index contributed by atoms with van der Waals surface area (Å²) in [7, 11) is 1.31. The number of hydrogen-bond acceptors (Lipinski definition) is 5. The molecule has 0 fully saturated rings. The van der Waals surface area contributed by atoms with E-state index in [9.17, 15) is 13.6 Å². The minimum absolute atomic E-state index is 0.0171. The number of nitrogens with one attached hydrogen (secondary N) is 1. The Morgan fingerprint density at radius 3 is 2.79 bits per heavy atom. The highest BCUT2D eigenvalue weighted by atomic mass is 19.3. The lowest BCUT2D eigenvalue weighted by Gasteiger charge is -2.11. The van der Waals surface area contributed by atoms with E-state index in [1.54, 1.807) is 13.0 Å². The fourth-order valence-electron chi connectivity index (χ4n) is 1.61. The van der Waals surface area contributed by atoms with Crippen LogP contribution in [0.25, 0.3) is 0 Å². The number of alkyl halides is 2. The predicted molar refractivity (Wildman–Crippen MR) is 62.3 cm³/mol. The van der Waals surface area contributed by atoms with Gasteiger partial charge in [0.1, 0.15) is 0 Å². The summed E-state index contributed by atoms with van der Waals surface area (Å²) in [5.74, 6) is -0.756. The van der Waals surface area contributed by atoms with Gasteiger partial charge in [0.25, 0.3) is 0 Å². The van der Waals surface area contributed by atoms with E-state index in [1.807, 2.05) is 0 Å². The van der Waals surface area contributed by atoms with Gasteiger partial charge in [0.15, 0.2) is 11.5 Å². The van der Waals surface area contributed by atoms with Crippen LogP contribution in [0.5, 0.6) is 11.5 Å². The molecule has 0 bridgehead atoms. The third-order valence-electron chi connectivity index (χ3n) is 2.62. The molecule has 0 aromatic heterocycles. The summed E-state index contributed by atoms with van der Waals surface area (Å²) in [6, 6.07) is 4.33. The Kier molecular flexibility index (Phi) is 3.46. The van der Waals surface area contributed by atoms with Gasteiger partial charge >= 0.3 is 12.3 Å². The van der Waals surface area contributed by atoms with E-state index in [0.717, 1.165) is 0 Å². The van der Waals surface area contributed by atoms with Crippen molar-refractivity contribution in [1.29, 1.82) is 0 Å². The third-order valence-corrected chi connectivity index (χ3v) is 2.62. The van der Waals surface area contributed by atoms with Crippen LogP contribution in [-0.2, 0) is 9.53 Å². The SMILES string of the molecule is COC(=O)C(C)CNc1ccc2c(c1)OC(F)(F)O2. The lowest BCUT2D eigenvalue weighted by Crippen LogP contribution is -2.25. The first-order chi connectivity index (χ1) is 8.91. The number of hydrogen-bond donors (Lipinski definition) is 1. The van der Waals surface area contributed by atoms with Crippen molar-refractivity contribution in [2.24, 2.45) is 5.92 Å². The Bertz CT molecular complexity index is 493. The van der Waals surface area contributed by atoms with Crippen molar-refractivity contribution in [3.8, 4) is 11.5 Å². The van der Waals surface area contributed by atoms with Gasteiger partial charge < -0.3 is 19.5 Å². The van der Waals surface area contributed by atoms with E-state index in [0.29, 0.717) is 12.2 Å². The molecule has 1 unspecified atom stereocenters. The molecule has 2 rings (SSSR count). The van der Waals surface area contributed by atoms with Crippen molar-refractivity contribution in [1.82, 2.24) is 0 Å². The highest BCUT2D eigenvalue weighted by Gasteiger charge is 2.43. The van der Waals surface area contributed by atoms with Crippen molar-refractivity contribution < 1.29 is 27.8 Å². The molecule has 1 aliphatic heterocycles. The molecule has 19 heavy (non-hydrogen) atoms. The summed E-state index contributed by atoms with van der Waals surface area (Å²) >= 11 is 0. The molecule has 1 aromatic carbocycles. The monoisotopic (exact) mass is 273 g/mol. The van der Waals surface area contributed by atoms with Crippen LogP contribution in [0.15, 0.2) is 18.2 Å². The number of fused-ring (bicyclic) bond motifs is 1.